The molecule has 0 aromatic heterocycles. The van der Waals surface area contributed by atoms with Crippen LogP contribution in [0.4, 0.5) is 0 Å². The highest BCUT2D eigenvalue weighted by molar-refractivity contribution is 5.44. The summed E-state index contributed by atoms with van der Waals surface area (Å²) in [6.45, 7) is 7.39. The highest BCUT2D eigenvalue weighted by Gasteiger charge is 2.42. The number of likely N-dealkylation sites (N-methyl/N-ethyl adjacent to an activating group) is 1. The lowest BCUT2D eigenvalue weighted by atomic mass is 9.84. The second-order valence-electron chi connectivity index (χ2n) is 6.15. The molecule has 0 amide bonds. The van der Waals surface area contributed by atoms with E-state index >= 15 is 0 Å². The molecule has 3 nitrogen and oxygen atoms in total. The number of ether oxygens (including phenoxy) is 2. The fraction of sp³-hybridized carbons (Fsp3) is 0.667. The zero-order valence-corrected chi connectivity index (χ0v) is 14.1. The van der Waals surface area contributed by atoms with Gasteiger partial charge >= 0.3 is 0 Å². The number of hydrogen-bond acceptors (Lipinski definition) is 3. The molecule has 1 aliphatic rings. The largest absolute Gasteiger partial charge is 0.496 e. The number of nitrogens with one attached hydrogen (secondary N) is 1. The maximum absolute atomic E-state index is 6.03. The number of methoxy groups -OCH3 is 2. The predicted molar refractivity (Wildman–Crippen MR) is 87.1 cm³/mol. The van der Waals surface area contributed by atoms with Crippen molar-refractivity contribution in [2.45, 2.75) is 58.1 Å². The summed E-state index contributed by atoms with van der Waals surface area (Å²) in [6, 6.07) is 4.66. The summed E-state index contributed by atoms with van der Waals surface area (Å²) < 4.78 is 11.5. The molecule has 3 heteroatoms. The summed E-state index contributed by atoms with van der Waals surface area (Å²) in [5.74, 6) is 0.962. The molecule has 1 saturated carbocycles. The van der Waals surface area contributed by atoms with Gasteiger partial charge in [-0.2, -0.15) is 0 Å². The van der Waals surface area contributed by atoms with E-state index < -0.39 is 0 Å². The zero-order chi connectivity index (χ0) is 15.5. The lowest BCUT2D eigenvalue weighted by Crippen LogP contribution is -2.44. The first-order valence-corrected chi connectivity index (χ1v) is 8.01. The van der Waals surface area contributed by atoms with Gasteiger partial charge in [0.15, 0.2) is 0 Å². The van der Waals surface area contributed by atoms with Gasteiger partial charge in [-0.25, -0.2) is 0 Å². The van der Waals surface area contributed by atoms with Gasteiger partial charge in [0.05, 0.1) is 18.8 Å². The summed E-state index contributed by atoms with van der Waals surface area (Å²) in [4.78, 5) is 0. The molecule has 1 N–H and O–H groups in total. The minimum Gasteiger partial charge on any atom is -0.496 e. The molecule has 118 valence electrons. The van der Waals surface area contributed by atoms with Crippen LogP contribution in [0.15, 0.2) is 12.1 Å². The summed E-state index contributed by atoms with van der Waals surface area (Å²) in [6.07, 6.45) is 4.77. The van der Waals surface area contributed by atoms with E-state index in [0.717, 1.165) is 25.1 Å². The van der Waals surface area contributed by atoms with Gasteiger partial charge in [0.25, 0.3) is 0 Å². The third-order valence-corrected chi connectivity index (χ3v) is 4.89. The van der Waals surface area contributed by atoms with E-state index in [9.17, 15) is 0 Å². The molecular weight excluding hydrogens is 262 g/mol. The molecule has 0 aliphatic heterocycles. The van der Waals surface area contributed by atoms with Gasteiger partial charge in [-0.15, -0.1) is 0 Å². The molecule has 1 aliphatic carbocycles. The van der Waals surface area contributed by atoms with Crippen molar-refractivity contribution in [1.82, 2.24) is 5.32 Å². The second-order valence-corrected chi connectivity index (χ2v) is 6.15. The average molecular weight is 291 g/mol. The van der Waals surface area contributed by atoms with Gasteiger partial charge in [0.1, 0.15) is 5.75 Å². The Balaban J connectivity index is 2.45. The Bertz CT molecular complexity index is 478. The van der Waals surface area contributed by atoms with Crippen molar-refractivity contribution in [3.8, 4) is 5.75 Å². The van der Waals surface area contributed by atoms with Crippen molar-refractivity contribution in [1.29, 1.82) is 0 Å². The van der Waals surface area contributed by atoms with E-state index in [1.165, 1.54) is 29.5 Å². The van der Waals surface area contributed by atoms with E-state index in [-0.39, 0.29) is 11.6 Å². The molecule has 1 atom stereocenters. The molecule has 0 heterocycles. The number of rotatable bonds is 6. The molecular formula is C18H29NO2. The van der Waals surface area contributed by atoms with Crippen LogP contribution in [0, 0.1) is 13.8 Å². The topological polar surface area (TPSA) is 30.5 Å². The van der Waals surface area contributed by atoms with Crippen molar-refractivity contribution in [2.24, 2.45) is 0 Å². The minimum absolute atomic E-state index is 0.0677. The molecule has 1 aromatic carbocycles. The SMILES string of the molecule is CCNC(c1cc(C)c(OC)cc1C)C1(OC)CCCC1. The van der Waals surface area contributed by atoms with E-state index in [1.807, 2.05) is 7.11 Å². The fourth-order valence-corrected chi connectivity index (χ4v) is 3.71. The van der Waals surface area contributed by atoms with Crippen LogP contribution in [-0.2, 0) is 4.74 Å². The van der Waals surface area contributed by atoms with Crippen LogP contribution in [0.5, 0.6) is 5.75 Å². The van der Waals surface area contributed by atoms with Crippen LogP contribution < -0.4 is 10.1 Å². The molecule has 0 radical (unpaired) electrons. The van der Waals surface area contributed by atoms with Crippen molar-refractivity contribution in [3.05, 3.63) is 28.8 Å². The van der Waals surface area contributed by atoms with E-state index in [0.29, 0.717) is 0 Å². The van der Waals surface area contributed by atoms with Crippen molar-refractivity contribution in [3.63, 3.8) is 0 Å². The minimum atomic E-state index is -0.0677. The highest BCUT2D eigenvalue weighted by atomic mass is 16.5. The van der Waals surface area contributed by atoms with Gasteiger partial charge in [-0.1, -0.05) is 25.8 Å². The van der Waals surface area contributed by atoms with Gasteiger partial charge in [-0.05, 0) is 56.0 Å². The lowest BCUT2D eigenvalue weighted by Gasteiger charge is -2.38. The van der Waals surface area contributed by atoms with Crippen LogP contribution in [0.2, 0.25) is 0 Å². The van der Waals surface area contributed by atoms with E-state index in [2.05, 4.69) is 38.2 Å². The third kappa shape index (κ3) is 3.09. The first-order chi connectivity index (χ1) is 10.1. The Labute approximate surface area is 129 Å². The molecule has 1 aromatic rings. The zero-order valence-electron chi connectivity index (χ0n) is 14.1. The molecule has 2 rings (SSSR count). The smallest absolute Gasteiger partial charge is 0.122 e. The predicted octanol–water partition coefficient (Wildman–Crippen LogP) is 3.92. The quantitative estimate of drug-likeness (QED) is 0.861. The Morgan fingerprint density at radius 2 is 1.81 bits per heavy atom. The van der Waals surface area contributed by atoms with Gasteiger partial charge in [0, 0.05) is 7.11 Å². The third-order valence-electron chi connectivity index (χ3n) is 4.89. The average Bonchev–Trinajstić information content (AvgIpc) is 2.97. The second kappa shape index (κ2) is 6.80. The molecule has 21 heavy (non-hydrogen) atoms. The summed E-state index contributed by atoms with van der Waals surface area (Å²) in [5.41, 5.74) is 3.73. The molecule has 1 unspecified atom stereocenters. The Morgan fingerprint density at radius 1 is 1.14 bits per heavy atom. The fourth-order valence-electron chi connectivity index (χ4n) is 3.71. The summed E-state index contributed by atoms with van der Waals surface area (Å²) in [7, 11) is 3.60. The normalized spacial score (nSPS) is 18.7. The van der Waals surface area contributed by atoms with Crippen LogP contribution in [0.25, 0.3) is 0 Å². The monoisotopic (exact) mass is 291 g/mol. The first-order valence-electron chi connectivity index (χ1n) is 8.01. The first kappa shape index (κ1) is 16.3. The van der Waals surface area contributed by atoms with Crippen molar-refractivity contribution >= 4 is 0 Å². The Kier molecular flexibility index (Phi) is 5.28. The Morgan fingerprint density at radius 3 is 2.33 bits per heavy atom. The molecule has 0 saturated heterocycles. The Hall–Kier alpha value is -1.06. The number of hydrogen-bond donors (Lipinski definition) is 1. The lowest BCUT2D eigenvalue weighted by molar-refractivity contribution is -0.0366. The molecule has 1 fully saturated rings. The molecule has 0 spiro atoms. The molecule has 0 bridgehead atoms. The van der Waals surface area contributed by atoms with Gasteiger partial charge in [0.2, 0.25) is 0 Å². The van der Waals surface area contributed by atoms with Gasteiger partial charge in [-0.3, -0.25) is 0 Å². The van der Waals surface area contributed by atoms with Gasteiger partial charge < -0.3 is 14.8 Å². The maximum atomic E-state index is 6.03. The number of benzene rings is 1. The standard InChI is InChI=1S/C18H29NO2/c1-6-19-17(18(21-5)9-7-8-10-18)15-11-14(3)16(20-4)12-13(15)2/h11-12,17,19H,6-10H2,1-5H3. The highest BCUT2D eigenvalue weighted by Crippen LogP contribution is 2.44. The summed E-state index contributed by atoms with van der Waals surface area (Å²) >= 11 is 0. The van der Waals surface area contributed by atoms with E-state index in [1.54, 1.807) is 7.11 Å². The van der Waals surface area contributed by atoms with Crippen LogP contribution in [0.1, 0.15) is 55.3 Å². The van der Waals surface area contributed by atoms with Crippen molar-refractivity contribution in [2.75, 3.05) is 20.8 Å². The number of aryl methyl sites for hydroxylation is 2. The van der Waals surface area contributed by atoms with E-state index in [4.69, 9.17) is 9.47 Å². The maximum Gasteiger partial charge on any atom is 0.122 e. The summed E-state index contributed by atoms with van der Waals surface area (Å²) in [5, 5.41) is 3.67. The van der Waals surface area contributed by atoms with Crippen LogP contribution in [-0.4, -0.2) is 26.4 Å². The van der Waals surface area contributed by atoms with Crippen LogP contribution >= 0.6 is 0 Å². The van der Waals surface area contributed by atoms with Crippen molar-refractivity contribution < 1.29 is 9.47 Å². The van der Waals surface area contributed by atoms with Crippen LogP contribution in [0.3, 0.4) is 0 Å².